The number of hydrogen-bond acceptors (Lipinski definition) is 5. The second-order valence-electron chi connectivity index (χ2n) is 9.61. The number of hydrogen-bond donors (Lipinski definition) is 2. The van der Waals surface area contributed by atoms with Crippen molar-refractivity contribution in [2.24, 2.45) is 4.99 Å². The lowest BCUT2D eigenvalue weighted by atomic mass is 9.95. The molecule has 1 atom stereocenters. The van der Waals surface area contributed by atoms with E-state index in [0.29, 0.717) is 32.9 Å². The summed E-state index contributed by atoms with van der Waals surface area (Å²) in [5, 5.41) is 4.04. The smallest absolute Gasteiger partial charge is 0.271 e. The van der Waals surface area contributed by atoms with Gasteiger partial charge in [-0.2, -0.15) is 0 Å². The molecule has 2 aromatic heterocycles. The number of benzene rings is 3. The Bertz CT molecular complexity index is 1950. The first-order valence-electron chi connectivity index (χ1n) is 13.1. The van der Waals surface area contributed by atoms with Crippen molar-refractivity contribution in [3.05, 3.63) is 127 Å². The van der Waals surface area contributed by atoms with E-state index in [0.717, 1.165) is 33.5 Å². The second-order valence-corrected chi connectivity index (χ2v) is 10.6. The molecule has 8 heteroatoms. The molecule has 0 fully saturated rings. The van der Waals surface area contributed by atoms with Crippen LogP contribution in [0.15, 0.2) is 99.9 Å². The summed E-state index contributed by atoms with van der Waals surface area (Å²) in [5.74, 6) is 0.428. The lowest BCUT2D eigenvalue weighted by Crippen LogP contribution is -2.40. The zero-order chi connectivity index (χ0) is 27.8. The molecule has 1 amide bonds. The second kappa shape index (κ2) is 10.5. The van der Waals surface area contributed by atoms with Crippen LogP contribution in [0.3, 0.4) is 0 Å². The van der Waals surface area contributed by atoms with Gasteiger partial charge in [-0.1, -0.05) is 59.9 Å². The number of carbonyl (C=O) groups excluding carboxylic acids is 1. The molecule has 1 aliphatic rings. The average molecular weight is 549 g/mol. The quantitative estimate of drug-likeness (QED) is 0.311. The molecule has 0 spiro atoms. The summed E-state index contributed by atoms with van der Waals surface area (Å²) < 4.78 is 7.84. The van der Waals surface area contributed by atoms with Gasteiger partial charge in [-0.25, -0.2) is 4.99 Å². The van der Waals surface area contributed by atoms with Crippen LogP contribution in [0.25, 0.3) is 17.0 Å². The molecule has 0 saturated heterocycles. The lowest BCUT2D eigenvalue weighted by molar-refractivity contribution is -0.113. The molecule has 0 aliphatic carbocycles. The molecule has 40 heavy (non-hydrogen) atoms. The number of para-hydroxylation sites is 2. The summed E-state index contributed by atoms with van der Waals surface area (Å²) in [6.45, 7) is 6.30. The molecule has 2 N–H and O–H groups in total. The molecule has 200 valence electrons. The number of aromatic amines is 1. The highest BCUT2D eigenvalue weighted by Crippen LogP contribution is 2.32. The number of carbonyl (C=O) groups is 1. The van der Waals surface area contributed by atoms with Crippen molar-refractivity contribution >= 4 is 39.9 Å². The molecule has 0 bridgehead atoms. The molecule has 3 heterocycles. The maximum absolute atomic E-state index is 14.1. The topological polar surface area (TPSA) is 88.5 Å². The van der Waals surface area contributed by atoms with Crippen molar-refractivity contribution < 1.29 is 9.53 Å². The van der Waals surface area contributed by atoms with E-state index in [-0.39, 0.29) is 11.5 Å². The van der Waals surface area contributed by atoms with Crippen molar-refractivity contribution in [3.8, 4) is 5.75 Å². The number of aromatic nitrogens is 2. The number of anilines is 1. The number of ether oxygens (including phenoxy) is 1. The van der Waals surface area contributed by atoms with Crippen LogP contribution in [0.4, 0.5) is 5.69 Å². The van der Waals surface area contributed by atoms with Gasteiger partial charge < -0.3 is 15.0 Å². The minimum absolute atomic E-state index is 0.190. The molecule has 5 aromatic rings. The average Bonchev–Trinajstić information content (AvgIpc) is 3.44. The Morgan fingerprint density at radius 3 is 2.52 bits per heavy atom. The number of amides is 1. The van der Waals surface area contributed by atoms with Gasteiger partial charge in [0.15, 0.2) is 4.80 Å². The molecule has 1 aliphatic heterocycles. The van der Waals surface area contributed by atoms with Gasteiger partial charge in [0, 0.05) is 27.8 Å². The zero-order valence-electron chi connectivity index (χ0n) is 22.4. The molecule has 0 saturated carbocycles. The highest BCUT2D eigenvalue weighted by atomic mass is 32.1. The summed E-state index contributed by atoms with van der Waals surface area (Å²) in [7, 11) is 0. The van der Waals surface area contributed by atoms with Gasteiger partial charge in [0.05, 0.1) is 28.5 Å². The fourth-order valence-corrected chi connectivity index (χ4v) is 6.20. The molecule has 0 radical (unpaired) electrons. The SMILES string of the molecule is CCOc1ccc([C@@H]2C(C(=O)Nc3ccccc3)=C(C)N=c3s/c(=C\c4c(C)[nH]c5ccccc45)c(=O)n32)cc1. The van der Waals surface area contributed by atoms with Crippen LogP contribution in [0.5, 0.6) is 5.75 Å². The molecule has 7 nitrogen and oxygen atoms in total. The molecule has 0 unspecified atom stereocenters. The maximum Gasteiger partial charge on any atom is 0.271 e. The number of nitrogens with one attached hydrogen (secondary N) is 2. The number of H-pyrrole nitrogens is 1. The Kier molecular flexibility index (Phi) is 6.69. The van der Waals surface area contributed by atoms with Crippen LogP contribution in [0, 0.1) is 6.92 Å². The van der Waals surface area contributed by atoms with Crippen molar-refractivity contribution in [2.45, 2.75) is 26.8 Å². The predicted octanol–water partition coefficient (Wildman–Crippen LogP) is 5.06. The maximum atomic E-state index is 14.1. The molecular weight excluding hydrogens is 520 g/mol. The van der Waals surface area contributed by atoms with Gasteiger partial charge in [-0.15, -0.1) is 0 Å². The van der Waals surface area contributed by atoms with Gasteiger partial charge in [0.25, 0.3) is 11.5 Å². The van der Waals surface area contributed by atoms with E-state index in [4.69, 9.17) is 9.73 Å². The van der Waals surface area contributed by atoms with Crippen molar-refractivity contribution in [1.29, 1.82) is 0 Å². The molecule has 3 aromatic carbocycles. The Morgan fingerprint density at radius 2 is 1.77 bits per heavy atom. The van der Waals surface area contributed by atoms with E-state index >= 15 is 0 Å². The Balaban J connectivity index is 1.52. The van der Waals surface area contributed by atoms with Gasteiger partial charge in [0.1, 0.15) is 5.75 Å². The van der Waals surface area contributed by atoms with Crippen LogP contribution in [0.2, 0.25) is 0 Å². The summed E-state index contributed by atoms with van der Waals surface area (Å²) >= 11 is 1.33. The third-order valence-corrected chi connectivity index (χ3v) is 8.01. The lowest BCUT2D eigenvalue weighted by Gasteiger charge is -2.25. The van der Waals surface area contributed by atoms with Crippen molar-refractivity contribution in [3.63, 3.8) is 0 Å². The number of fused-ring (bicyclic) bond motifs is 2. The van der Waals surface area contributed by atoms with Crippen molar-refractivity contribution in [1.82, 2.24) is 9.55 Å². The van der Waals surface area contributed by atoms with Crippen molar-refractivity contribution in [2.75, 3.05) is 11.9 Å². The largest absolute Gasteiger partial charge is 0.494 e. The standard InChI is InChI=1S/C32H28N4O3S/c1-4-39-23-16-14-21(15-17-23)29-28(30(37)35-22-10-6-5-7-11-22)20(3)34-32-36(29)31(38)27(40-32)18-25-19(2)33-26-13-9-8-12-24(25)26/h5-18,29,33H,4H2,1-3H3,(H,35,37)/b27-18-/t29-/m1/s1. The minimum atomic E-state index is -0.651. The first-order valence-corrected chi connectivity index (χ1v) is 13.9. The minimum Gasteiger partial charge on any atom is -0.494 e. The van der Waals surface area contributed by atoms with E-state index < -0.39 is 6.04 Å². The Morgan fingerprint density at radius 1 is 1.05 bits per heavy atom. The van der Waals surface area contributed by atoms with Gasteiger partial charge in [0.2, 0.25) is 0 Å². The van der Waals surface area contributed by atoms with Gasteiger partial charge in [-0.05, 0) is 62.7 Å². The Labute approximate surface area is 234 Å². The fourth-order valence-electron chi connectivity index (χ4n) is 5.18. The highest BCUT2D eigenvalue weighted by Gasteiger charge is 2.32. The highest BCUT2D eigenvalue weighted by molar-refractivity contribution is 7.07. The normalized spacial score (nSPS) is 15.2. The zero-order valence-corrected chi connectivity index (χ0v) is 23.2. The van der Waals surface area contributed by atoms with Crippen LogP contribution < -0.4 is 24.9 Å². The number of aryl methyl sites for hydroxylation is 1. The van der Waals surface area contributed by atoms with Crippen LogP contribution in [0.1, 0.15) is 36.7 Å². The summed E-state index contributed by atoms with van der Waals surface area (Å²) in [4.78, 5) is 36.5. The van der Waals surface area contributed by atoms with Gasteiger partial charge in [-0.3, -0.25) is 14.2 Å². The number of allylic oxidation sites excluding steroid dienone is 1. The molecular formula is C32H28N4O3S. The van der Waals surface area contributed by atoms with Crippen LogP contribution in [-0.2, 0) is 4.79 Å². The van der Waals surface area contributed by atoms with E-state index in [1.54, 1.807) is 4.57 Å². The monoisotopic (exact) mass is 548 g/mol. The fraction of sp³-hybridized carbons (Fsp3) is 0.156. The number of rotatable bonds is 6. The number of thiazole rings is 1. The van der Waals surface area contributed by atoms with E-state index in [2.05, 4.69) is 10.3 Å². The van der Waals surface area contributed by atoms with E-state index in [1.165, 1.54) is 11.3 Å². The Hall–Kier alpha value is -4.69. The van der Waals surface area contributed by atoms with Crippen LogP contribution >= 0.6 is 11.3 Å². The first-order chi connectivity index (χ1) is 19.4. The van der Waals surface area contributed by atoms with Gasteiger partial charge >= 0.3 is 0 Å². The van der Waals surface area contributed by atoms with E-state index in [1.807, 2.05) is 106 Å². The summed E-state index contributed by atoms with van der Waals surface area (Å²) in [6.07, 6.45) is 1.93. The van der Waals surface area contributed by atoms with E-state index in [9.17, 15) is 9.59 Å². The first kappa shape index (κ1) is 25.6. The number of nitrogens with zero attached hydrogens (tertiary/aromatic N) is 2. The van der Waals surface area contributed by atoms with Crippen LogP contribution in [-0.4, -0.2) is 22.1 Å². The summed E-state index contributed by atoms with van der Waals surface area (Å²) in [5.41, 5.74) is 5.24. The summed E-state index contributed by atoms with van der Waals surface area (Å²) in [6, 6.07) is 24.2. The predicted molar refractivity (Wildman–Crippen MR) is 159 cm³/mol. The molecule has 6 rings (SSSR count). The third kappa shape index (κ3) is 4.56. The third-order valence-electron chi connectivity index (χ3n) is 7.02.